The van der Waals surface area contributed by atoms with Crippen LogP contribution < -0.4 is 37.2 Å². The van der Waals surface area contributed by atoms with E-state index in [0.717, 1.165) is 6.42 Å². The largest absolute Gasteiger partial charge is 0.394 e. The number of carbonyl (C=O) groups is 7. The first-order valence-electron chi connectivity index (χ1n) is 38.0. The van der Waals surface area contributed by atoms with E-state index in [-0.39, 0.29) is 247 Å². The van der Waals surface area contributed by atoms with Gasteiger partial charge in [-0.05, 0) is 12.8 Å². The normalized spacial score (nSPS) is 24.3. The number of carbonyl (C=O) groups excluding carboxylic acids is 7. The SMILES string of the molecule is CC(=O)NC1C(OCCOCCOCCOCCNC(=O)CCOCC(COCCC(=O)NCCOCCOCCOCCOC2OC(CO)C(O)C(O)C2NC(C)=O)(COCCC(=O)NCCOCCOCCOCCOC2OC(CO)C(O)C(O)C2NC(C)=O)NC(=O)CCCCCn2ccnn2)OC(CO)C(O)C1O. The van der Waals surface area contributed by atoms with Gasteiger partial charge >= 0.3 is 0 Å². The van der Waals surface area contributed by atoms with Crippen LogP contribution in [0, 0.1) is 0 Å². The zero-order chi connectivity index (χ0) is 82.3. The molecule has 113 heavy (non-hydrogen) atoms. The molecule has 15 unspecified atom stereocenters. The molecule has 0 aliphatic carbocycles. The lowest BCUT2D eigenvalue weighted by Crippen LogP contribution is -2.64. The molecule has 1 aromatic heterocycles. The van der Waals surface area contributed by atoms with Gasteiger partial charge in [-0.25, -0.2) is 0 Å². The van der Waals surface area contributed by atoms with Crippen LogP contribution in [-0.2, 0) is 125 Å². The van der Waals surface area contributed by atoms with E-state index < -0.39 is 135 Å². The maximum Gasteiger partial charge on any atom is 0.222 e. The van der Waals surface area contributed by atoms with Crippen LogP contribution in [-0.4, -0.2) is 418 Å². The summed E-state index contributed by atoms with van der Waals surface area (Å²) in [5, 5.41) is 117. The molecular weight excluding hydrogens is 1510 g/mol. The lowest BCUT2D eigenvalue weighted by atomic mass is 9.97. The Kier molecular flexibility index (Phi) is 53.6. The van der Waals surface area contributed by atoms with Crippen LogP contribution in [0.4, 0.5) is 0 Å². The van der Waals surface area contributed by atoms with Gasteiger partial charge in [-0.1, -0.05) is 11.6 Å². The molecule has 3 saturated heterocycles. The third-order valence-corrected chi connectivity index (χ3v) is 16.9. The van der Waals surface area contributed by atoms with Crippen LogP contribution in [0.5, 0.6) is 0 Å². The average molecular weight is 1640 g/mol. The van der Waals surface area contributed by atoms with Gasteiger partial charge in [0.05, 0.1) is 204 Å². The number of aromatic nitrogens is 3. The van der Waals surface area contributed by atoms with Gasteiger partial charge in [0, 0.05) is 78.8 Å². The smallest absolute Gasteiger partial charge is 0.222 e. The molecule has 654 valence electrons. The van der Waals surface area contributed by atoms with Crippen molar-refractivity contribution in [1.29, 1.82) is 0 Å². The number of aryl methyl sites for hydroxylation is 1. The summed E-state index contributed by atoms with van der Waals surface area (Å²) < 4.78 is 103. The van der Waals surface area contributed by atoms with Crippen LogP contribution >= 0.6 is 0 Å². The van der Waals surface area contributed by atoms with Gasteiger partial charge in [-0.2, -0.15) is 0 Å². The van der Waals surface area contributed by atoms with Gasteiger partial charge in [0.15, 0.2) is 18.9 Å². The Morgan fingerprint density at radius 2 is 0.673 bits per heavy atom. The highest BCUT2D eigenvalue weighted by atomic mass is 16.7. The molecule has 16 N–H and O–H groups in total. The monoisotopic (exact) mass is 1640 g/mol. The van der Waals surface area contributed by atoms with Crippen molar-refractivity contribution < 1.29 is 165 Å². The third-order valence-electron chi connectivity index (χ3n) is 16.9. The molecule has 4 heterocycles. The van der Waals surface area contributed by atoms with Crippen LogP contribution in [0.3, 0.4) is 0 Å². The summed E-state index contributed by atoms with van der Waals surface area (Å²) in [6.45, 7) is 5.58. The van der Waals surface area contributed by atoms with E-state index in [2.05, 4.69) is 47.5 Å². The Balaban J connectivity index is 1.18. The maximum absolute atomic E-state index is 13.8. The molecule has 4 rings (SSSR count). The van der Waals surface area contributed by atoms with E-state index in [9.17, 15) is 79.5 Å². The standard InChI is InChI=1S/C69H124N10O34/c1-47(83)74-57-63(93)60(90)50(41-80)111-66(57)108-38-35-102-32-29-99-26-23-96-20-12-70-53(86)8-17-105-44-69(77-56(89)7-5-4-6-15-79-16-11-73-78-79,45-106-18-9-54(87)71-13-21-97-24-27-100-30-33-103-36-39-109-67-58(75-48(2)84)64(94)61(91)51(42-81)112-67)46-107-19-10-55(88)72-14-22-98-25-28-101-31-34-104-37-40-110-68-59(76-49(3)85)65(95)62(92)52(43-82)113-68/h11,16,50-52,57-68,80-82,90-95H,4-10,12-15,17-46H2,1-3H3,(H,70,86)(H,71,87)(H,72,88)(H,74,83)(H,75,84)(H,76,85)(H,77,89). The Morgan fingerprint density at radius 3 is 0.956 bits per heavy atom. The minimum atomic E-state index is -1.44. The van der Waals surface area contributed by atoms with Gasteiger partial charge in [0.25, 0.3) is 0 Å². The summed E-state index contributed by atoms with van der Waals surface area (Å²) in [5.74, 6) is -2.84. The van der Waals surface area contributed by atoms with Gasteiger partial charge in [0.2, 0.25) is 41.4 Å². The molecule has 7 amide bonds. The second-order valence-corrected chi connectivity index (χ2v) is 26.2. The number of hydrogen-bond donors (Lipinski definition) is 16. The van der Waals surface area contributed by atoms with E-state index in [1.54, 1.807) is 17.1 Å². The molecular formula is C69H124N10O34. The lowest BCUT2D eigenvalue weighted by Gasteiger charge is -2.42. The first-order chi connectivity index (χ1) is 54.6. The van der Waals surface area contributed by atoms with E-state index >= 15 is 0 Å². The van der Waals surface area contributed by atoms with Crippen molar-refractivity contribution in [3.63, 3.8) is 0 Å². The van der Waals surface area contributed by atoms with Crippen molar-refractivity contribution in [2.75, 3.05) is 218 Å². The molecule has 44 nitrogen and oxygen atoms in total. The van der Waals surface area contributed by atoms with Crippen LogP contribution in [0.25, 0.3) is 0 Å². The van der Waals surface area contributed by atoms with E-state index in [1.807, 2.05) is 0 Å². The Hall–Kier alpha value is -5.65. The minimum absolute atomic E-state index is 0.00242. The predicted octanol–water partition coefficient (Wildman–Crippen LogP) is -8.71. The summed E-state index contributed by atoms with van der Waals surface area (Å²) in [6, 6.07) is -3.23. The quantitative estimate of drug-likeness (QED) is 0.0269. The highest BCUT2D eigenvalue weighted by Crippen LogP contribution is 2.25. The second-order valence-electron chi connectivity index (χ2n) is 26.2. The molecule has 3 aliphatic rings. The molecule has 44 heteroatoms. The molecule has 3 aliphatic heterocycles. The Labute approximate surface area is 656 Å². The second kappa shape index (κ2) is 60.8. The number of rotatable bonds is 67. The molecule has 0 radical (unpaired) electrons. The first kappa shape index (κ1) is 99.7. The molecule has 3 fully saturated rings. The number of ether oxygens (including phenoxy) is 18. The summed E-state index contributed by atoms with van der Waals surface area (Å²) in [6.07, 6.45) is -10.3. The summed E-state index contributed by atoms with van der Waals surface area (Å²) in [4.78, 5) is 87.7. The molecule has 0 bridgehead atoms. The van der Waals surface area contributed by atoms with Gasteiger partial charge < -0.3 is 168 Å². The lowest BCUT2D eigenvalue weighted by molar-refractivity contribution is -0.272. The van der Waals surface area contributed by atoms with E-state index in [0.29, 0.717) is 19.4 Å². The predicted molar refractivity (Wildman–Crippen MR) is 386 cm³/mol. The number of aliphatic hydroxyl groups is 9. The van der Waals surface area contributed by atoms with Gasteiger partial charge in [-0.15, -0.1) is 5.10 Å². The van der Waals surface area contributed by atoms with Crippen LogP contribution in [0.2, 0.25) is 0 Å². The van der Waals surface area contributed by atoms with Gasteiger partial charge in [-0.3, -0.25) is 38.2 Å². The highest BCUT2D eigenvalue weighted by molar-refractivity contribution is 5.78. The molecule has 15 atom stereocenters. The minimum Gasteiger partial charge on any atom is -0.394 e. The summed E-state index contributed by atoms with van der Waals surface area (Å²) in [7, 11) is 0. The van der Waals surface area contributed by atoms with Crippen molar-refractivity contribution >= 4 is 41.4 Å². The van der Waals surface area contributed by atoms with Crippen molar-refractivity contribution in [3.8, 4) is 0 Å². The number of nitrogens with zero attached hydrogens (tertiary/aromatic N) is 3. The molecule has 1 aromatic rings. The van der Waals surface area contributed by atoms with Crippen LogP contribution in [0.15, 0.2) is 12.4 Å². The highest BCUT2D eigenvalue weighted by Gasteiger charge is 2.48. The number of amides is 7. The van der Waals surface area contributed by atoms with Crippen molar-refractivity contribution in [1.82, 2.24) is 52.2 Å². The first-order valence-corrected chi connectivity index (χ1v) is 38.0. The summed E-state index contributed by atoms with van der Waals surface area (Å²) in [5.41, 5.74) is -1.38. The fourth-order valence-electron chi connectivity index (χ4n) is 11.2. The molecule has 0 saturated carbocycles. The Morgan fingerprint density at radius 1 is 0.372 bits per heavy atom. The number of hydrogen-bond acceptors (Lipinski definition) is 36. The zero-order valence-corrected chi connectivity index (χ0v) is 64.9. The van der Waals surface area contributed by atoms with Crippen molar-refractivity contribution in [2.45, 2.75) is 170 Å². The van der Waals surface area contributed by atoms with Crippen molar-refractivity contribution in [2.24, 2.45) is 0 Å². The van der Waals surface area contributed by atoms with E-state index in [1.165, 1.54) is 20.8 Å². The average Bonchev–Trinajstić information content (AvgIpc) is 0.842. The fourth-order valence-corrected chi connectivity index (χ4v) is 11.2. The fraction of sp³-hybridized carbons (Fsp3) is 0.870. The number of unbranched alkanes of at least 4 members (excludes halogenated alkanes) is 2. The number of aliphatic hydroxyl groups excluding tert-OH is 9. The third kappa shape index (κ3) is 42.9. The molecule has 0 spiro atoms. The zero-order valence-electron chi connectivity index (χ0n) is 64.9. The molecule has 0 aromatic carbocycles. The van der Waals surface area contributed by atoms with Crippen LogP contribution in [0.1, 0.15) is 65.7 Å². The van der Waals surface area contributed by atoms with Gasteiger partial charge in [0.1, 0.15) is 78.6 Å². The number of nitrogens with one attached hydrogen (secondary N) is 7. The Bertz CT molecular complexity index is 2470. The topological polar surface area (TPSA) is 583 Å². The van der Waals surface area contributed by atoms with E-state index in [4.69, 9.17) is 85.3 Å². The maximum atomic E-state index is 13.8. The van der Waals surface area contributed by atoms with Crippen molar-refractivity contribution in [3.05, 3.63) is 12.4 Å². The summed E-state index contributed by atoms with van der Waals surface area (Å²) >= 11 is 0.